The third-order valence-electron chi connectivity index (χ3n) is 5.40. The van der Waals surface area contributed by atoms with Crippen LogP contribution in [0.2, 0.25) is 0 Å². The summed E-state index contributed by atoms with van der Waals surface area (Å²) >= 11 is 1.46. The highest BCUT2D eigenvalue weighted by atomic mass is 32.2. The Kier molecular flexibility index (Phi) is 6.38. The molecule has 3 aromatic rings. The van der Waals surface area contributed by atoms with Gasteiger partial charge in [-0.2, -0.15) is 0 Å². The van der Waals surface area contributed by atoms with Crippen LogP contribution >= 0.6 is 11.8 Å². The number of rotatable bonds is 6. The van der Waals surface area contributed by atoms with Crippen LogP contribution in [0.5, 0.6) is 5.75 Å². The number of carbonyl (C=O) groups excluding carboxylic acids is 1. The molecule has 30 heavy (non-hydrogen) atoms. The summed E-state index contributed by atoms with van der Waals surface area (Å²) in [5.41, 5.74) is 1.86. The van der Waals surface area contributed by atoms with Crippen LogP contribution in [-0.4, -0.2) is 45.8 Å². The number of methoxy groups -OCH3 is 1. The minimum atomic E-state index is -0.349. The molecule has 6 nitrogen and oxygen atoms in total. The van der Waals surface area contributed by atoms with Gasteiger partial charge in [0, 0.05) is 20.1 Å². The zero-order valence-corrected chi connectivity index (χ0v) is 18.1. The van der Waals surface area contributed by atoms with Gasteiger partial charge in [0.05, 0.1) is 12.7 Å². The molecular formula is C23H26N4O2S. The molecule has 1 fully saturated rings. The number of piperidine rings is 1. The first-order valence-corrected chi connectivity index (χ1v) is 11.1. The van der Waals surface area contributed by atoms with Gasteiger partial charge in [0.2, 0.25) is 5.91 Å². The molecule has 4 rings (SSSR count). The molecule has 0 spiro atoms. The van der Waals surface area contributed by atoms with E-state index < -0.39 is 0 Å². The molecule has 0 radical (unpaired) electrons. The fourth-order valence-corrected chi connectivity index (χ4v) is 4.84. The Morgan fingerprint density at radius 1 is 1.00 bits per heavy atom. The van der Waals surface area contributed by atoms with Crippen molar-refractivity contribution in [3.63, 3.8) is 0 Å². The summed E-state index contributed by atoms with van der Waals surface area (Å²) in [6.45, 7) is 1.65. The predicted molar refractivity (Wildman–Crippen MR) is 118 cm³/mol. The van der Waals surface area contributed by atoms with Crippen LogP contribution in [-0.2, 0) is 11.8 Å². The van der Waals surface area contributed by atoms with Gasteiger partial charge < -0.3 is 14.2 Å². The maximum absolute atomic E-state index is 13.4. The number of benzene rings is 2. The van der Waals surface area contributed by atoms with E-state index in [0.717, 1.165) is 42.8 Å². The van der Waals surface area contributed by atoms with E-state index in [0.29, 0.717) is 11.0 Å². The third-order valence-corrected chi connectivity index (χ3v) is 6.68. The van der Waals surface area contributed by atoms with Gasteiger partial charge in [-0.05, 0) is 37.0 Å². The average Bonchev–Trinajstić information content (AvgIpc) is 3.18. The molecule has 1 amide bonds. The minimum Gasteiger partial charge on any atom is -0.496 e. The lowest BCUT2D eigenvalue weighted by Gasteiger charge is -2.30. The fraction of sp³-hybridized carbons (Fsp3) is 0.348. The van der Waals surface area contributed by atoms with Crippen molar-refractivity contribution in [3.8, 4) is 17.1 Å². The first-order chi connectivity index (χ1) is 14.7. The lowest BCUT2D eigenvalue weighted by atomic mass is 10.1. The van der Waals surface area contributed by atoms with Crippen molar-refractivity contribution < 1.29 is 9.53 Å². The van der Waals surface area contributed by atoms with Crippen LogP contribution in [0.25, 0.3) is 11.4 Å². The standard InChI is InChI=1S/C23H26N4O2S/c1-26-21(18-13-7-8-14-19(18)29-2)24-25-23(26)30-20(17-11-5-3-6-12-17)22(28)27-15-9-4-10-16-27/h3,5-8,11-14,20H,4,9-10,15-16H2,1-2H3/t20-/m1/s1. The summed E-state index contributed by atoms with van der Waals surface area (Å²) < 4.78 is 7.42. The largest absolute Gasteiger partial charge is 0.496 e. The van der Waals surface area contributed by atoms with Crippen LogP contribution in [0.1, 0.15) is 30.1 Å². The number of aromatic nitrogens is 3. The molecule has 0 bridgehead atoms. The van der Waals surface area contributed by atoms with E-state index in [-0.39, 0.29) is 11.2 Å². The number of ether oxygens (including phenoxy) is 1. The number of amides is 1. The molecule has 1 atom stereocenters. The van der Waals surface area contributed by atoms with Gasteiger partial charge in [-0.25, -0.2) is 0 Å². The van der Waals surface area contributed by atoms with E-state index in [2.05, 4.69) is 10.2 Å². The molecule has 1 saturated heterocycles. The topological polar surface area (TPSA) is 60.3 Å². The summed E-state index contributed by atoms with van der Waals surface area (Å²) in [5, 5.41) is 9.16. The maximum atomic E-state index is 13.4. The van der Waals surface area contributed by atoms with Crippen molar-refractivity contribution in [1.82, 2.24) is 19.7 Å². The van der Waals surface area contributed by atoms with Gasteiger partial charge in [0.25, 0.3) is 0 Å². The van der Waals surface area contributed by atoms with Gasteiger partial charge in [0.1, 0.15) is 11.0 Å². The summed E-state index contributed by atoms with van der Waals surface area (Å²) in [6, 6.07) is 17.7. The number of thioether (sulfide) groups is 1. The molecule has 156 valence electrons. The maximum Gasteiger partial charge on any atom is 0.240 e. The minimum absolute atomic E-state index is 0.146. The fourth-order valence-electron chi connectivity index (χ4n) is 3.76. The van der Waals surface area contributed by atoms with E-state index in [1.165, 1.54) is 18.2 Å². The molecule has 2 heterocycles. The van der Waals surface area contributed by atoms with Crippen molar-refractivity contribution in [3.05, 3.63) is 60.2 Å². The zero-order chi connectivity index (χ0) is 20.9. The number of likely N-dealkylation sites (tertiary alicyclic amines) is 1. The Morgan fingerprint density at radius 3 is 2.43 bits per heavy atom. The lowest BCUT2D eigenvalue weighted by molar-refractivity contribution is -0.131. The smallest absolute Gasteiger partial charge is 0.240 e. The quantitative estimate of drug-likeness (QED) is 0.553. The summed E-state index contributed by atoms with van der Waals surface area (Å²) in [7, 11) is 3.57. The Hall–Kier alpha value is -2.80. The monoisotopic (exact) mass is 422 g/mol. The molecular weight excluding hydrogens is 396 g/mol. The predicted octanol–water partition coefficient (Wildman–Crippen LogP) is 4.34. The van der Waals surface area contributed by atoms with E-state index >= 15 is 0 Å². The number of carbonyl (C=O) groups is 1. The van der Waals surface area contributed by atoms with Crippen LogP contribution in [0.4, 0.5) is 0 Å². The van der Waals surface area contributed by atoms with Crippen molar-refractivity contribution in [2.75, 3.05) is 20.2 Å². The van der Waals surface area contributed by atoms with E-state index in [4.69, 9.17) is 4.74 Å². The second-order valence-electron chi connectivity index (χ2n) is 7.36. The van der Waals surface area contributed by atoms with Gasteiger partial charge in [-0.3, -0.25) is 4.79 Å². The van der Waals surface area contributed by atoms with Crippen molar-refractivity contribution in [2.45, 2.75) is 29.7 Å². The molecule has 7 heteroatoms. The lowest BCUT2D eigenvalue weighted by Crippen LogP contribution is -2.38. The summed E-state index contributed by atoms with van der Waals surface area (Å²) in [6.07, 6.45) is 3.33. The van der Waals surface area contributed by atoms with Crippen LogP contribution in [0.15, 0.2) is 59.8 Å². The number of para-hydroxylation sites is 1. The summed E-state index contributed by atoms with van der Waals surface area (Å²) in [4.78, 5) is 15.4. The molecule has 0 saturated carbocycles. The Balaban J connectivity index is 1.65. The Morgan fingerprint density at radius 2 is 1.70 bits per heavy atom. The second-order valence-corrected chi connectivity index (χ2v) is 8.43. The number of hydrogen-bond acceptors (Lipinski definition) is 5. The van der Waals surface area contributed by atoms with E-state index in [9.17, 15) is 4.79 Å². The second kappa shape index (κ2) is 9.34. The molecule has 1 aliphatic rings. The number of hydrogen-bond donors (Lipinski definition) is 0. The molecule has 1 aliphatic heterocycles. The van der Waals surface area contributed by atoms with Gasteiger partial charge in [-0.1, -0.05) is 54.2 Å². The van der Waals surface area contributed by atoms with Crippen molar-refractivity contribution in [1.29, 1.82) is 0 Å². The van der Waals surface area contributed by atoms with E-state index in [1.807, 2.05) is 71.1 Å². The highest BCUT2D eigenvalue weighted by Gasteiger charge is 2.30. The van der Waals surface area contributed by atoms with E-state index in [1.54, 1.807) is 7.11 Å². The van der Waals surface area contributed by atoms with Gasteiger partial charge in [-0.15, -0.1) is 10.2 Å². The van der Waals surface area contributed by atoms with Gasteiger partial charge >= 0.3 is 0 Å². The molecule has 2 aromatic carbocycles. The van der Waals surface area contributed by atoms with Gasteiger partial charge in [0.15, 0.2) is 11.0 Å². The number of nitrogens with zero attached hydrogens (tertiary/aromatic N) is 4. The van der Waals surface area contributed by atoms with Crippen LogP contribution < -0.4 is 4.74 Å². The molecule has 0 unspecified atom stereocenters. The van der Waals surface area contributed by atoms with Crippen molar-refractivity contribution in [2.24, 2.45) is 7.05 Å². The molecule has 0 N–H and O–H groups in total. The Labute approximate surface area is 181 Å². The molecule has 1 aromatic heterocycles. The third kappa shape index (κ3) is 4.21. The summed E-state index contributed by atoms with van der Waals surface area (Å²) in [5.74, 6) is 1.61. The highest BCUT2D eigenvalue weighted by Crippen LogP contribution is 2.38. The zero-order valence-electron chi connectivity index (χ0n) is 17.3. The van der Waals surface area contributed by atoms with Crippen LogP contribution in [0.3, 0.4) is 0 Å². The normalized spacial score (nSPS) is 15.1. The highest BCUT2D eigenvalue weighted by molar-refractivity contribution is 8.00. The first-order valence-electron chi connectivity index (χ1n) is 10.2. The molecule has 0 aliphatic carbocycles. The Bertz CT molecular complexity index is 999. The van der Waals surface area contributed by atoms with Crippen molar-refractivity contribution >= 4 is 17.7 Å². The first kappa shape index (κ1) is 20.5. The average molecular weight is 423 g/mol. The SMILES string of the molecule is COc1ccccc1-c1nnc(S[C@@H](C(=O)N2CCCCC2)c2ccccc2)n1C. The van der Waals surface area contributed by atoms with Crippen LogP contribution in [0, 0.1) is 0 Å².